The second kappa shape index (κ2) is 5.60. The number of hydrogen-bond acceptors (Lipinski definition) is 3. The average Bonchev–Trinajstić information content (AvgIpc) is 3.01. The van der Waals surface area contributed by atoms with Crippen molar-refractivity contribution >= 4 is 5.91 Å². The first-order valence-corrected chi connectivity index (χ1v) is 7.23. The predicted octanol–water partition coefficient (Wildman–Crippen LogP) is 2.44. The van der Waals surface area contributed by atoms with Gasteiger partial charge >= 0.3 is 0 Å². The molecule has 5 nitrogen and oxygen atoms in total. The van der Waals surface area contributed by atoms with Gasteiger partial charge in [0.2, 0.25) is 0 Å². The van der Waals surface area contributed by atoms with Crippen molar-refractivity contribution in [3.63, 3.8) is 0 Å². The highest BCUT2D eigenvalue weighted by Crippen LogP contribution is 2.28. The minimum Gasteiger partial charge on any atom is -0.507 e. The van der Waals surface area contributed by atoms with Crippen molar-refractivity contribution in [3.8, 4) is 5.75 Å². The number of likely N-dealkylation sites (tertiary alicyclic amines) is 1. The summed E-state index contributed by atoms with van der Waals surface area (Å²) < 4.78 is 0. The highest BCUT2D eigenvalue weighted by molar-refractivity contribution is 5.97. The van der Waals surface area contributed by atoms with Gasteiger partial charge in [-0.25, -0.2) is 0 Å². The second-order valence-electron chi connectivity index (χ2n) is 5.62. The number of aromatic nitrogens is 2. The van der Waals surface area contributed by atoms with Crippen LogP contribution in [0, 0.1) is 6.92 Å². The number of nitrogens with one attached hydrogen (secondary N) is 1. The van der Waals surface area contributed by atoms with Crippen molar-refractivity contribution < 1.29 is 9.90 Å². The third kappa shape index (κ3) is 2.77. The van der Waals surface area contributed by atoms with E-state index >= 15 is 0 Å². The Bertz CT molecular complexity index is 637. The highest BCUT2D eigenvalue weighted by Gasteiger charge is 2.27. The summed E-state index contributed by atoms with van der Waals surface area (Å²) in [6.07, 6.45) is 3.75. The first-order valence-electron chi connectivity index (χ1n) is 7.23. The van der Waals surface area contributed by atoms with Crippen LogP contribution in [0.4, 0.5) is 0 Å². The predicted molar refractivity (Wildman–Crippen MR) is 79.3 cm³/mol. The van der Waals surface area contributed by atoms with Gasteiger partial charge in [0.05, 0.1) is 5.56 Å². The SMILES string of the molecule is Cc1ccc(C(=O)N2CCCC(c3ccn[nH]3)C2)c(O)c1. The number of amides is 1. The van der Waals surface area contributed by atoms with Gasteiger partial charge in [-0.05, 0) is 43.5 Å². The maximum absolute atomic E-state index is 12.6. The first-order chi connectivity index (χ1) is 10.1. The van der Waals surface area contributed by atoms with Crippen molar-refractivity contribution in [1.29, 1.82) is 0 Å². The van der Waals surface area contributed by atoms with Crippen molar-refractivity contribution in [2.75, 3.05) is 13.1 Å². The molecule has 3 rings (SSSR count). The Labute approximate surface area is 123 Å². The third-order valence-electron chi connectivity index (χ3n) is 4.05. The molecule has 1 fully saturated rings. The quantitative estimate of drug-likeness (QED) is 0.890. The minimum atomic E-state index is -0.100. The second-order valence-corrected chi connectivity index (χ2v) is 5.62. The maximum atomic E-state index is 12.6. The lowest BCUT2D eigenvalue weighted by atomic mass is 9.94. The molecule has 2 heterocycles. The number of nitrogens with zero attached hydrogens (tertiary/aromatic N) is 2. The number of phenols is 1. The number of aromatic hydroxyl groups is 1. The fraction of sp³-hybridized carbons (Fsp3) is 0.375. The summed E-state index contributed by atoms with van der Waals surface area (Å²) in [6.45, 7) is 3.29. The largest absolute Gasteiger partial charge is 0.507 e. The molecule has 1 unspecified atom stereocenters. The van der Waals surface area contributed by atoms with Gasteiger partial charge < -0.3 is 10.0 Å². The minimum absolute atomic E-state index is 0.0589. The van der Waals surface area contributed by atoms with Gasteiger partial charge in [-0.3, -0.25) is 9.89 Å². The molecule has 1 aromatic carbocycles. The lowest BCUT2D eigenvalue weighted by molar-refractivity contribution is 0.0703. The molecule has 1 aromatic heterocycles. The van der Waals surface area contributed by atoms with Gasteiger partial charge in [0, 0.05) is 30.9 Å². The van der Waals surface area contributed by atoms with Gasteiger partial charge in [0.15, 0.2) is 0 Å². The number of carbonyl (C=O) groups excluding carboxylic acids is 1. The summed E-state index contributed by atoms with van der Waals surface area (Å²) in [7, 11) is 0. The van der Waals surface area contributed by atoms with E-state index in [9.17, 15) is 9.90 Å². The summed E-state index contributed by atoms with van der Waals surface area (Å²) in [5, 5.41) is 16.9. The summed E-state index contributed by atoms with van der Waals surface area (Å²) in [6, 6.07) is 7.14. The molecule has 110 valence electrons. The topological polar surface area (TPSA) is 69.2 Å². The molecule has 1 atom stereocenters. The van der Waals surface area contributed by atoms with Gasteiger partial charge in [-0.2, -0.15) is 5.10 Å². The molecule has 0 aliphatic carbocycles. The van der Waals surface area contributed by atoms with Gasteiger partial charge in [-0.15, -0.1) is 0 Å². The molecule has 0 saturated carbocycles. The van der Waals surface area contributed by atoms with Crippen LogP contribution in [0.5, 0.6) is 5.75 Å². The molecule has 5 heteroatoms. The number of phenolic OH excluding ortho intramolecular Hbond substituents is 1. The number of benzene rings is 1. The standard InChI is InChI=1S/C16H19N3O2/c1-11-4-5-13(15(20)9-11)16(21)19-8-2-3-12(10-19)14-6-7-17-18-14/h4-7,9,12,20H,2-3,8,10H2,1H3,(H,17,18). The molecule has 1 aliphatic heterocycles. The van der Waals surface area contributed by atoms with Crippen LogP contribution in [0.25, 0.3) is 0 Å². The fourth-order valence-corrected chi connectivity index (χ4v) is 2.90. The van der Waals surface area contributed by atoms with Crippen LogP contribution in [0.1, 0.15) is 40.4 Å². The molecule has 0 radical (unpaired) electrons. The molecule has 0 spiro atoms. The van der Waals surface area contributed by atoms with E-state index in [0.29, 0.717) is 12.1 Å². The molecule has 0 bridgehead atoms. The zero-order valence-electron chi connectivity index (χ0n) is 12.0. The van der Waals surface area contributed by atoms with Crippen LogP contribution in [0.15, 0.2) is 30.5 Å². The summed E-state index contributed by atoms with van der Waals surface area (Å²) >= 11 is 0. The monoisotopic (exact) mass is 285 g/mol. The first kappa shape index (κ1) is 13.7. The number of aryl methyl sites for hydroxylation is 1. The Kier molecular flexibility index (Phi) is 3.64. The molecule has 1 aliphatic rings. The lowest BCUT2D eigenvalue weighted by Crippen LogP contribution is -2.39. The zero-order valence-corrected chi connectivity index (χ0v) is 12.0. The van der Waals surface area contributed by atoms with Gasteiger partial charge in [-0.1, -0.05) is 6.07 Å². The van der Waals surface area contributed by atoms with E-state index in [1.165, 1.54) is 0 Å². The van der Waals surface area contributed by atoms with E-state index in [1.54, 1.807) is 18.3 Å². The Morgan fingerprint density at radius 1 is 1.43 bits per heavy atom. The summed E-state index contributed by atoms with van der Waals surface area (Å²) in [4.78, 5) is 14.4. The molecule has 1 amide bonds. The smallest absolute Gasteiger partial charge is 0.257 e. The fourth-order valence-electron chi connectivity index (χ4n) is 2.90. The molecule has 2 aromatic rings. The molecule has 1 saturated heterocycles. The maximum Gasteiger partial charge on any atom is 0.257 e. The summed E-state index contributed by atoms with van der Waals surface area (Å²) in [5.74, 6) is 0.248. The normalized spacial score (nSPS) is 18.7. The van der Waals surface area contributed by atoms with Crippen LogP contribution in [-0.4, -0.2) is 39.2 Å². The van der Waals surface area contributed by atoms with Crippen LogP contribution in [-0.2, 0) is 0 Å². The highest BCUT2D eigenvalue weighted by atomic mass is 16.3. The average molecular weight is 285 g/mol. The zero-order chi connectivity index (χ0) is 14.8. The number of H-pyrrole nitrogens is 1. The molecular formula is C16H19N3O2. The van der Waals surface area contributed by atoms with E-state index in [2.05, 4.69) is 10.2 Å². The van der Waals surface area contributed by atoms with E-state index in [0.717, 1.165) is 30.6 Å². The number of hydrogen-bond donors (Lipinski definition) is 2. The Morgan fingerprint density at radius 2 is 2.29 bits per heavy atom. The molecular weight excluding hydrogens is 266 g/mol. The van der Waals surface area contributed by atoms with Crippen LogP contribution in [0.3, 0.4) is 0 Å². The van der Waals surface area contributed by atoms with Gasteiger partial charge in [0.1, 0.15) is 5.75 Å². The van der Waals surface area contributed by atoms with Crippen LogP contribution in [0.2, 0.25) is 0 Å². The van der Waals surface area contributed by atoms with E-state index < -0.39 is 0 Å². The van der Waals surface area contributed by atoms with Crippen LogP contribution < -0.4 is 0 Å². The number of aromatic amines is 1. The van der Waals surface area contributed by atoms with Crippen LogP contribution >= 0.6 is 0 Å². The Hall–Kier alpha value is -2.30. The number of carbonyl (C=O) groups is 1. The van der Waals surface area contributed by atoms with Gasteiger partial charge in [0.25, 0.3) is 5.91 Å². The van der Waals surface area contributed by atoms with E-state index in [-0.39, 0.29) is 17.6 Å². The van der Waals surface area contributed by atoms with Crippen molar-refractivity contribution in [1.82, 2.24) is 15.1 Å². The number of rotatable bonds is 2. The lowest BCUT2D eigenvalue weighted by Gasteiger charge is -2.32. The van der Waals surface area contributed by atoms with Crippen molar-refractivity contribution in [2.45, 2.75) is 25.7 Å². The Morgan fingerprint density at radius 3 is 3.00 bits per heavy atom. The summed E-state index contributed by atoms with van der Waals surface area (Å²) in [5.41, 5.74) is 2.39. The third-order valence-corrected chi connectivity index (χ3v) is 4.05. The number of piperidine rings is 1. The van der Waals surface area contributed by atoms with Crippen molar-refractivity contribution in [3.05, 3.63) is 47.3 Å². The molecule has 2 N–H and O–H groups in total. The Balaban J connectivity index is 1.78. The van der Waals surface area contributed by atoms with Crippen molar-refractivity contribution in [2.24, 2.45) is 0 Å². The van der Waals surface area contributed by atoms with E-state index in [4.69, 9.17) is 0 Å². The molecule has 21 heavy (non-hydrogen) atoms. The van der Waals surface area contributed by atoms with E-state index in [1.807, 2.05) is 24.0 Å².